The number of hydrogen-bond donors (Lipinski definition) is 1. The lowest BCUT2D eigenvalue weighted by Gasteiger charge is -2.33. The number of para-hydroxylation sites is 1. The number of halogens is 2. The summed E-state index contributed by atoms with van der Waals surface area (Å²) in [5.74, 6) is 0.244. The predicted molar refractivity (Wildman–Crippen MR) is 188 cm³/mol. The van der Waals surface area contributed by atoms with E-state index < -0.39 is 28.5 Å². The molecule has 0 fully saturated rings. The molecule has 0 aliphatic carbocycles. The maximum absolute atomic E-state index is 14.3. The minimum atomic E-state index is -4.22. The lowest BCUT2D eigenvalue weighted by atomic mass is 10.1. The first-order valence-electron chi connectivity index (χ1n) is 15.5. The fourth-order valence-electron chi connectivity index (χ4n) is 4.93. The van der Waals surface area contributed by atoms with Crippen LogP contribution in [0.4, 0.5) is 5.69 Å². The molecule has 4 rings (SSSR count). The summed E-state index contributed by atoms with van der Waals surface area (Å²) in [5, 5.41) is 3.58. The minimum absolute atomic E-state index is 0.0116. The summed E-state index contributed by atoms with van der Waals surface area (Å²) in [6.07, 6.45) is 1.99. The third kappa shape index (κ3) is 9.50. The molecule has 0 unspecified atom stereocenters. The van der Waals surface area contributed by atoms with Gasteiger partial charge >= 0.3 is 0 Å². The Kier molecular flexibility index (Phi) is 12.7. The van der Waals surface area contributed by atoms with E-state index in [9.17, 15) is 18.0 Å². The van der Waals surface area contributed by atoms with Crippen LogP contribution in [0.15, 0.2) is 102 Å². The van der Waals surface area contributed by atoms with Gasteiger partial charge in [-0.2, -0.15) is 0 Å². The van der Waals surface area contributed by atoms with Crippen molar-refractivity contribution in [3.8, 4) is 11.5 Å². The van der Waals surface area contributed by atoms with Crippen molar-refractivity contribution in [2.24, 2.45) is 0 Å². The quantitative estimate of drug-likeness (QED) is 0.127. The Balaban J connectivity index is 1.72. The highest BCUT2D eigenvalue weighted by atomic mass is 35.5. The van der Waals surface area contributed by atoms with E-state index in [1.54, 1.807) is 54.6 Å². The monoisotopic (exact) mass is 695 g/mol. The number of nitrogens with zero attached hydrogens (tertiary/aromatic N) is 2. The molecule has 47 heavy (non-hydrogen) atoms. The number of amides is 2. The van der Waals surface area contributed by atoms with Gasteiger partial charge in [0.15, 0.2) is 0 Å². The van der Waals surface area contributed by atoms with Crippen LogP contribution >= 0.6 is 23.2 Å². The molecule has 0 saturated heterocycles. The zero-order chi connectivity index (χ0) is 34.0. The molecular weight excluding hydrogens is 657 g/mol. The van der Waals surface area contributed by atoms with Gasteiger partial charge in [-0.1, -0.05) is 85.4 Å². The number of ether oxygens (including phenoxy) is 1. The summed E-state index contributed by atoms with van der Waals surface area (Å²) >= 11 is 12.4. The molecule has 8 nitrogen and oxygen atoms in total. The number of sulfonamides is 1. The molecular formula is C36H39Cl2N3O5S. The molecule has 1 N–H and O–H groups in total. The van der Waals surface area contributed by atoms with E-state index in [0.717, 1.165) is 22.7 Å². The molecule has 2 amide bonds. The minimum Gasteiger partial charge on any atom is -0.457 e. The zero-order valence-electron chi connectivity index (χ0n) is 26.7. The molecule has 0 radical (unpaired) electrons. The van der Waals surface area contributed by atoms with E-state index in [-0.39, 0.29) is 23.0 Å². The van der Waals surface area contributed by atoms with Crippen molar-refractivity contribution in [2.75, 3.05) is 17.4 Å². The Labute approximate surface area is 287 Å². The molecule has 11 heteroatoms. The van der Waals surface area contributed by atoms with Crippen LogP contribution < -0.4 is 14.4 Å². The topological polar surface area (TPSA) is 96.0 Å². The lowest BCUT2D eigenvalue weighted by Crippen LogP contribution is -2.52. The molecule has 0 saturated carbocycles. The second-order valence-corrected chi connectivity index (χ2v) is 13.7. The van der Waals surface area contributed by atoms with Gasteiger partial charge in [-0.05, 0) is 86.0 Å². The number of nitrogens with one attached hydrogen (secondary N) is 1. The first kappa shape index (κ1) is 35.8. The van der Waals surface area contributed by atoms with E-state index >= 15 is 0 Å². The van der Waals surface area contributed by atoms with Gasteiger partial charge in [0, 0.05) is 13.1 Å². The van der Waals surface area contributed by atoms with Crippen molar-refractivity contribution in [3.63, 3.8) is 0 Å². The number of hydrogen-bond acceptors (Lipinski definition) is 5. The summed E-state index contributed by atoms with van der Waals surface area (Å²) in [7, 11) is -4.22. The van der Waals surface area contributed by atoms with Crippen LogP contribution in [-0.4, -0.2) is 44.3 Å². The highest BCUT2D eigenvalue weighted by Gasteiger charge is 2.33. The molecule has 0 bridgehead atoms. The van der Waals surface area contributed by atoms with E-state index in [2.05, 4.69) is 5.32 Å². The Bertz CT molecular complexity index is 1750. The average molecular weight is 697 g/mol. The summed E-state index contributed by atoms with van der Waals surface area (Å²) in [6, 6.07) is 26.2. The Morgan fingerprint density at radius 1 is 0.851 bits per heavy atom. The Hall–Kier alpha value is -4.05. The Morgan fingerprint density at radius 2 is 1.51 bits per heavy atom. The standard InChI is InChI=1S/C36H39Cl2N3O5S/c1-4-6-22-39-36(43)34(5-2)40(24-27-14-21-32(37)33(38)23-27)35(42)25-41(47(44,45)31-19-12-26(3)13-20-31)28-15-17-30(18-16-28)46-29-10-8-7-9-11-29/h7-21,23,34H,4-6,22,24-25H2,1-3H3,(H,39,43)/t34-/m0/s1. The van der Waals surface area contributed by atoms with Gasteiger partial charge in [-0.25, -0.2) is 8.42 Å². The first-order chi connectivity index (χ1) is 22.5. The first-order valence-corrected chi connectivity index (χ1v) is 17.7. The smallest absolute Gasteiger partial charge is 0.264 e. The van der Waals surface area contributed by atoms with E-state index in [1.807, 2.05) is 51.1 Å². The van der Waals surface area contributed by atoms with Crippen molar-refractivity contribution < 1.29 is 22.7 Å². The number of carbonyl (C=O) groups is 2. The molecule has 4 aromatic carbocycles. The molecule has 248 valence electrons. The maximum Gasteiger partial charge on any atom is 0.264 e. The molecule has 0 spiro atoms. The van der Waals surface area contributed by atoms with Crippen LogP contribution in [0.3, 0.4) is 0 Å². The van der Waals surface area contributed by atoms with Crippen LogP contribution in [0.5, 0.6) is 11.5 Å². The molecule has 1 atom stereocenters. The summed E-state index contributed by atoms with van der Waals surface area (Å²) < 4.78 is 35.3. The largest absolute Gasteiger partial charge is 0.457 e. The third-order valence-electron chi connectivity index (χ3n) is 7.54. The fourth-order valence-corrected chi connectivity index (χ4v) is 6.67. The summed E-state index contributed by atoms with van der Waals surface area (Å²) in [4.78, 5) is 29.2. The predicted octanol–water partition coefficient (Wildman–Crippen LogP) is 8.01. The van der Waals surface area contributed by atoms with Crippen molar-refractivity contribution in [3.05, 3.63) is 118 Å². The van der Waals surface area contributed by atoms with Crippen molar-refractivity contribution >= 4 is 50.7 Å². The highest BCUT2D eigenvalue weighted by molar-refractivity contribution is 7.92. The van der Waals surface area contributed by atoms with Crippen molar-refractivity contribution in [1.29, 1.82) is 0 Å². The maximum atomic E-state index is 14.3. The van der Waals surface area contributed by atoms with Gasteiger partial charge < -0.3 is 15.0 Å². The number of aryl methyl sites for hydroxylation is 1. The van der Waals surface area contributed by atoms with E-state index in [4.69, 9.17) is 27.9 Å². The number of rotatable bonds is 15. The molecule has 0 aliphatic rings. The summed E-state index contributed by atoms with van der Waals surface area (Å²) in [6.45, 7) is 5.61. The van der Waals surface area contributed by atoms with Crippen LogP contribution in [0.2, 0.25) is 10.0 Å². The number of anilines is 1. The van der Waals surface area contributed by atoms with Gasteiger partial charge in [0.2, 0.25) is 11.8 Å². The van der Waals surface area contributed by atoms with Gasteiger partial charge in [0.1, 0.15) is 24.1 Å². The second kappa shape index (κ2) is 16.7. The second-order valence-electron chi connectivity index (χ2n) is 11.1. The number of unbranched alkanes of at least 4 members (excludes halogenated alkanes) is 1. The number of benzene rings is 4. The van der Waals surface area contributed by atoms with Gasteiger partial charge in [0.05, 0.1) is 20.6 Å². The molecule has 0 aliphatic heterocycles. The van der Waals surface area contributed by atoms with Crippen LogP contribution in [0, 0.1) is 6.92 Å². The van der Waals surface area contributed by atoms with Crippen LogP contribution in [0.25, 0.3) is 0 Å². The molecule has 0 aromatic heterocycles. The normalized spacial score (nSPS) is 11.9. The van der Waals surface area contributed by atoms with Gasteiger partial charge in [-0.15, -0.1) is 0 Å². The van der Waals surface area contributed by atoms with Crippen LogP contribution in [0.1, 0.15) is 44.2 Å². The SMILES string of the molecule is CCCCNC(=O)[C@H](CC)N(Cc1ccc(Cl)c(Cl)c1)C(=O)CN(c1ccc(Oc2ccccc2)cc1)S(=O)(=O)c1ccc(C)cc1. The lowest BCUT2D eigenvalue weighted by molar-refractivity contribution is -0.140. The van der Waals surface area contributed by atoms with Crippen molar-refractivity contribution in [2.45, 2.75) is 57.5 Å². The molecule has 0 heterocycles. The molecule has 4 aromatic rings. The fraction of sp³-hybridized carbons (Fsp3) is 0.278. The van der Waals surface area contributed by atoms with E-state index in [1.165, 1.54) is 17.0 Å². The highest BCUT2D eigenvalue weighted by Crippen LogP contribution is 2.29. The van der Waals surface area contributed by atoms with Crippen molar-refractivity contribution in [1.82, 2.24) is 10.2 Å². The summed E-state index contributed by atoms with van der Waals surface area (Å²) in [5.41, 5.74) is 1.79. The van der Waals surface area contributed by atoms with Gasteiger partial charge in [-0.3, -0.25) is 13.9 Å². The number of carbonyl (C=O) groups excluding carboxylic acids is 2. The van der Waals surface area contributed by atoms with Crippen LogP contribution in [-0.2, 0) is 26.2 Å². The Morgan fingerprint density at radius 3 is 2.13 bits per heavy atom. The van der Waals surface area contributed by atoms with Gasteiger partial charge in [0.25, 0.3) is 10.0 Å². The third-order valence-corrected chi connectivity index (χ3v) is 10.1. The zero-order valence-corrected chi connectivity index (χ0v) is 29.0. The average Bonchev–Trinajstić information content (AvgIpc) is 3.06. The van der Waals surface area contributed by atoms with E-state index in [0.29, 0.717) is 40.1 Å².